The lowest BCUT2D eigenvalue weighted by Gasteiger charge is -1.96. The number of nitrogens with zero attached hydrogens (tertiary/aromatic N) is 1. The largest absolute Gasteiger partial charge is 0.478 e. The van der Waals surface area contributed by atoms with Gasteiger partial charge in [0.05, 0.1) is 5.69 Å². The highest BCUT2D eigenvalue weighted by molar-refractivity contribution is 7.14. The van der Waals surface area contributed by atoms with E-state index in [9.17, 15) is 4.79 Å². The number of anilines is 1. The molecule has 14 heavy (non-hydrogen) atoms. The third kappa shape index (κ3) is 1.25. The summed E-state index contributed by atoms with van der Waals surface area (Å²) in [6.07, 6.45) is 1.56. The molecule has 0 unspecified atom stereocenters. The molecule has 6 heteroatoms. The molecule has 72 valence electrons. The second-order valence-corrected chi connectivity index (χ2v) is 3.58. The maximum Gasteiger partial charge on any atom is 0.339 e. The highest BCUT2D eigenvalue weighted by Gasteiger charge is 2.18. The minimum atomic E-state index is -1.02. The Kier molecular flexibility index (Phi) is 1.97. The molecule has 0 bridgehead atoms. The van der Waals surface area contributed by atoms with Crippen molar-refractivity contribution in [3.05, 3.63) is 23.2 Å². The number of carboxylic acids is 1. The van der Waals surface area contributed by atoms with E-state index in [4.69, 9.17) is 10.8 Å². The van der Waals surface area contributed by atoms with Crippen LogP contribution in [0.3, 0.4) is 0 Å². The first kappa shape index (κ1) is 8.76. The Bertz CT molecular complexity index is 461. The molecule has 5 nitrogen and oxygen atoms in total. The van der Waals surface area contributed by atoms with Gasteiger partial charge in [-0.2, -0.15) is 5.10 Å². The van der Waals surface area contributed by atoms with Gasteiger partial charge in [-0.3, -0.25) is 5.10 Å². The van der Waals surface area contributed by atoms with E-state index in [2.05, 4.69) is 10.2 Å². The van der Waals surface area contributed by atoms with E-state index >= 15 is 0 Å². The summed E-state index contributed by atoms with van der Waals surface area (Å²) in [5.41, 5.74) is 6.93. The van der Waals surface area contributed by atoms with Gasteiger partial charge in [0.2, 0.25) is 0 Å². The number of thiophene rings is 1. The van der Waals surface area contributed by atoms with Gasteiger partial charge in [0.25, 0.3) is 0 Å². The van der Waals surface area contributed by atoms with Crippen LogP contribution >= 0.6 is 11.3 Å². The van der Waals surface area contributed by atoms with Crippen molar-refractivity contribution in [3.63, 3.8) is 0 Å². The molecular weight excluding hydrogens is 202 g/mol. The molecule has 0 saturated carbocycles. The van der Waals surface area contributed by atoms with E-state index in [1.54, 1.807) is 17.6 Å². The highest BCUT2D eigenvalue weighted by Crippen LogP contribution is 2.32. The van der Waals surface area contributed by atoms with E-state index in [0.29, 0.717) is 16.3 Å². The molecule has 2 heterocycles. The van der Waals surface area contributed by atoms with Crippen LogP contribution in [0.4, 0.5) is 5.00 Å². The van der Waals surface area contributed by atoms with Gasteiger partial charge in [-0.05, 0) is 6.07 Å². The predicted molar refractivity (Wildman–Crippen MR) is 53.3 cm³/mol. The van der Waals surface area contributed by atoms with Crippen molar-refractivity contribution in [2.45, 2.75) is 0 Å². The molecule has 0 aromatic carbocycles. The zero-order chi connectivity index (χ0) is 10.1. The van der Waals surface area contributed by atoms with Gasteiger partial charge in [0.15, 0.2) is 0 Å². The summed E-state index contributed by atoms with van der Waals surface area (Å²) in [6, 6.07) is 1.70. The first-order valence-corrected chi connectivity index (χ1v) is 4.68. The normalized spacial score (nSPS) is 10.3. The topological polar surface area (TPSA) is 92.0 Å². The summed E-state index contributed by atoms with van der Waals surface area (Å²) >= 11 is 1.21. The number of carbonyl (C=O) groups is 1. The van der Waals surface area contributed by atoms with Gasteiger partial charge in [0, 0.05) is 17.1 Å². The fourth-order valence-electron chi connectivity index (χ4n) is 1.20. The predicted octanol–water partition coefficient (Wildman–Crippen LogP) is 1.42. The number of aromatic carboxylic acids is 1. The van der Waals surface area contributed by atoms with Gasteiger partial charge in [0.1, 0.15) is 10.6 Å². The molecular formula is C8H7N3O2S. The number of aromatic amines is 1. The van der Waals surface area contributed by atoms with Crippen LogP contribution in [0.5, 0.6) is 0 Å². The minimum absolute atomic E-state index is 0.138. The summed E-state index contributed by atoms with van der Waals surface area (Å²) in [6.45, 7) is 0. The molecule has 0 fully saturated rings. The van der Waals surface area contributed by atoms with Crippen LogP contribution in [-0.4, -0.2) is 21.3 Å². The Balaban J connectivity index is 2.60. The van der Waals surface area contributed by atoms with Gasteiger partial charge < -0.3 is 10.8 Å². The zero-order valence-electron chi connectivity index (χ0n) is 7.02. The number of hydrogen-bond donors (Lipinski definition) is 3. The van der Waals surface area contributed by atoms with Crippen molar-refractivity contribution in [2.24, 2.45) is 0 Å². The Hall–Kier alpha value is -1.82. The van der Waals surface area contributed by atoms with E-state index in [-0.39, 0.29) is 5.56 Å². The number of nitrogens with two attached hydrogens (primary N) is 1. The van der Waals surface area contributed by atoms with Crippen LogP contribution in [0.2, 0.25) is 0 Å². The summed E-state index contributed by atoms with van der Waals surface area (Å²) in [4.78, 5) is 10.9. The van der Waals surface area contributed by atoms with Crippen LogP contribution < -0.4 is 5.73 Å². The van der Waals surface area contributed by atoms with Crippen molar-refractivity contribution < 1.29 is 9.90 Å². The average Bonchev–Trinajstić information content (AvgIpc) is 2.70. The SMILES string of the molecule is Nc1scc(-c2ccn[nH]2)c1C(=O)O. The fraction of sp³-hybridized carbons (Fsp3) is 0. The van der Waals surface area contributed by atoms with E-state index in [1.807, 2.05) is 0 Å². The Morgan fingerprint density at radius 3 is 3.00 bits per heavy atom. The monoisotopic (exact) mass is 209 g/mol. The number of nitrogen functional groups attached to an aromatic ring is 1. The smallest absolute Gasteiger partial charge is 0.339 e. The van der Waals surface area contributed by atoms with E-state index < -0.39 is 5.97 Å². The lowest BCUT2D eigenvalue weighted by atomic mass is 10.1. The second-order valence-electron chi connectivity index (χ2n) is 2.66. The Morgan fingerprint density at radius 1 is 1.64 bits per heavy atom. The lowest BCUT2D eigenvalue weighted by molar-refractivity contribution is 0.0699. The molecule has 0 amide bonds. The molecule has 0 spiro atoms. The number of H-pyrrole nitrogens is 1. The zero-order valence-corrected chi connectivity index (χ0v) is 7.84. The van der Waals surface area contributed by atoms with Gasteiger partial charge in [-0.15, -0.1) is 11.3 Å². The third-order valence-electron chi connectivity index (χ3n) is 1.82. The summed E-state index contributed by atoms with van der Waals surface area (Å²) in [5.74, 6) is -1.02. The van der Waals surface area contributed by atoms with Gasteiger partial charge >= 0.3 is 5.97 Å². The molecule has 0 aliphatic heterocycles. The molecule has 0 aliphatic carbocycles. The van der Waals surface area contributed by atoms with Crippen LogP contribution in [0.1, 0.15) is 10.4 Å². The molecule has 4 N–H and O–H groups in total. The molecule has 0 radical (unpaired) electrons. The second kappa shape index (κ2) is 3.15. The number of rotatable bonds is 2. The van der Waals surface area contributed by atoms with Crippen LogP contribution in [0.25, 0.3) is 11.3 Å². The lowest BCUT2D eigenvalue weighted by Crippen LogP contribution is -2.00. The summed E-state index contributed by atoms with van der Waals surface area (Å²) < 4.78 is 0. The highest BCUT2D eigenvalue weighted by atomic mass is 32.1. The van der Waals surface area contributed by atoms with Gasteiger partial charge in [-0.25, -0.2) is 4.79 Å². The Morgan fingerprint density at radius 2 is 2.43 bits per heavy atom. The van der Waals surface area contributed by atoms with Crippen molar-refractivity contribution in [1.29, 1.82) is 0 Å². The molecule has 2 aromatic heterocycles. The molecule has 0 saturated heterocycles. The van der Waals surface area contributed by atoms with Crippen LogP contribution in [0, 0.1) is 0 Å². The molecule has 0 atom stereocenters. The van der Waals surface area contributed by atoms with Crippen molar-refractivity contribution >= 4 is 22.3 Å². The molecule has 2 aromatic rings. The quantitative estimate of drug-likeness (QED) is 0.697. The minimum Gasteiger partial charge on any atom is -0.478 e. The third-order valence-corrected chi connectivity index (χ3v) is 2.64. The van der Waals surface area contributed by atoms with Crippen LogP contribution in [-0.2, 0) is 0 Å². The number of hydrogen-bond acceptors (Lipinski definition) is 4. The summed E-state index contributed by atoms with van der Waals surface area (Å²) in [5, 5.41) is 17.4. The molecule has 2 rings (SSSR count). The maximum atomic E-state index is 10.9. The first-order chi connectivity index (χ1) is 6.70. The first-order valence-electron chi connectivity index (χ1n) is 3.80. The number of carboxylic acid groups (broad SMARTS) is 1. The maximum absolute atomic E-state index is 10.9. The average molecular weight is 209 g/mol. The molecule has 0 aliphatic rings. The summed E-state index contributed by atoms with van der Waals surface area (Å²) in [7, 11) is 0. The Labute approximate surface area is 83.2 Å². The van der Waals surface area contributed by atoms with Crippen molar-refractivity contribution in [2.75, 3.05) is 5.73 Å². The number of aromatic nitrogens is 2. The number of nitrogens with one attached hydrogen (secondary N) is 1. The standard InChI is InChI=1S/C8H7N3O2S/c9-7-6(8(12)13)4(3-14-7)5-1-2-10-11-5/h1-3H,9H2,(H,10,11)(H,12,13). The van der Waals surface area contributed by atoms with Crippen molar-refractivity contribution in [3.8, 4) is 11.3 Å². The van der Waals surface area contributed by atoms with Crippen molar-refractivity contribution in [1.82, 2.24) is 10.2 Å². The van der Waals surface area contributed by atoms with E-state index in [1.165, 1.54) is 11.3 Å². The van der Waals surface area contributed by atoms with Crippen LogP contribution in [0.15, 0.2) is 17.6 Å². The van der Waals surface area contributed by atoms with Gasteiger partial charge in [-0.1, -0.05) is 0 Å². The van der Waals surface area contributed by atoms with E-state index in [0.717, 1.165) is 0 Å². The fourth-order valence-corrected chi connectivity index (χ4v) is 2.00.